The van der Waals surface area contributed by atoms with Crippen LogP contribution in [0.5, 0.6) is 0 Å². The molecule has 0 aliphatic carbocycles. The SMILES string of the molecule is CC(C)c1nc(S(=O)(=O)N2CCCC2Cn2nc(-n3ccnc3)ccc2=O)cn1C. The normalized spacial score (nSPS) is 17.8. The van der Waals surface area contributed by atoms with Crippen molar-refractivity contribution in [3.05, 3.63) is 53.2 Å². The molecule has 10 nitrogen and oxygen atoms in total. The summed E-state index contributed by atoms with van der Waals surface area (Å²) in [5, 5.41) is 4.44. The summed E-state index contributed by atoms with van der Waals surface area (Å²) in [7, 11) is -1.97. The molecule has 1 atom stereocenters. The van der Waals surface area contributed by atoms with Crippen LogP contribution < -0.4 is 5.56 Å². The third-order valence-corrected chi connectivity index (χ3v) is 7.13. The van der Waals surface area contributed by atoms with Gasteiger partial charge in [0.1, 0.15) is 12.2 Å². The Labute approximate surface area is 174 Å². The number of imidazole rings is 2. The van der Waals surface area contributed by atoms with E-state index in [-0.39, 0.29) is 29.1 Å². The van der Waals surface area contributed by atoms with Crippen LogP contribution in [0, 0.1) is 0 Å². The van der Waals surface area contributed by atoms with Crippen molar-refractivity contribution in [2.24, 2.45) is 7.05 Å². The zero-order valence-corrected chi connectivity index (χ0v) is 18.0. The molecule has 1 unspecified atom stereocenters. The van der Waals surface area contributed by atoms with Crippen molar-refractivity contribution in [3.8, 4) is 5.82 Å². The van der Waals surface area contributed by atoms with Crippen molar-refractivity contribution < 1.29 is 8.42 Å². The molecule has 1 aliphatic heterocycles. The zero-order chi connectivity index (χ0) is 21.5. The van der Waals surface area contributed by atoms with Crippen LogP contribution in [-0.2, 0) is 23.6 Å². The number of hydrogen-bond acceptors (Lipinski definition) is 6. The summed E-state index contributed by atoms with van der Waals surface area (Å²) >= 11 is 0. The highest BCUT2D eigenvalue weighted by Crippen LogP contribution is 2.27. The first-order chi connectivity index (χ1) is 14.3. The Morgan fingerprint density at radius 3 is 2.73 bits per heavy atom. The molecule has 1 saturated heterocycles. The predicted molar refractivity (Wildman–Crippen MR) is 110 cm³/mol. The summed E-state index contributed by atoms with van der Waals surface area (Å²) in [4.78, 5) is 20.7. The van der Waals surface area contributed by atoms with E-state index >= 15 is 0 Å². The van der Waals surface area contributed by atoms with Gasteiger partial charge in [0.2, 0.25) is 0 Å². The number of nitrogens with zero attached hydrogens (tertiary/aromatic N) is 7. The smallest absolute Gasteiger partial charge is 0.266 e. The van der Waals surface area contributed by atoms with Crippen molar-refractivity contribution >= 4 is 10.0 Å². The molecular formula is C19H25N7O3S. The number of hydrogen-bond donors (Lipinski definition) is 0. The van der Waals surface area contributed by atoms with Crippen molar-refractivity contribution in [1.29, 1.82) is 0 Å². The van der Waals surface area contributed by atoms with Gasteiger partial charge in [0.25, 0.3) is 15.6 Å². The second-order valence-electron chi connectivity index (χ2n) is 7.80. The van der Waals surface area contributed by atoms with Gasteiger partial charge in [-0.25, -0.2) is 23.1 Å². The molecule has 0 radical (unpaired) electrons. The molecule has 0 aromatic carbocycles. The van der Waals surface area contributed by atoms with E-state index in [2.05, 4.69) is 15.1 Å². The molecule has 4 heterocycles. The average Bonchev–Trinajstić information content (AvgIpc) is 3.43. The van der Waals surface area contributed by atoms with Gasteiger partial charge in [-0.05, 0) is 18.9 Å². The lowest BCUT2D eigenvalue weighted by molar-refractivity contribution is 0.334. The Morgan fingerprint density at radius 1 is 1.27 bits per heavy atom. The molecule has 30 heavy (non-hydrogen) atoms. The number of sulfonamides is 1. The van der Waals surface area contributed by atoms with Crippen LogP contribution in [0.1, 0.15) is 38.4 Å². The molecule has 11 heteroatoms. The summed E-state index contributed by atoms with van der Waals surface area (Å²) in [6.07, 6.45) is 7.90. The van der Waals surface area contributed by atoms with E-state index in [0.29, 0.717) is 18.8 Å². The summed E-state index contributed by atoms with van der Waals surface area (Å²) in [5.74, 6) is 1.38. The van der Waals surface area contributed by atoms with E-state index in [4.69, 9.17) is 0 Å². The first-order valence-electron chi connectivity index (χ1n) is 9.89. The second kappa shape index (κ2) is 7.80. The van der Waals surface area contributed by atoms with Gasteiger partial charge in [-0.2, -0.15) is 9.40 Å². The van der Waals surface area contributed by atoms with Gasteiger partial charge in [0, 0.05) is 50.2 Å². The predicted octanol–water partition coefficient (Wildman–Crippen LogP) is 1.14. The third-order valence-electron chi connectivity index (χ3n) is 5.31. The number of rotatable bonds is 6. The van der Waals surface area contributed by atoms with Crippen LogP contribution in [0.15, 0.2) is 46.9 Å². The molecule has 0 spiro atoms. The fourth-order valence-electron chi connectivity index (χ4n) is 3.84. The van der Waals surface area contributed by atoms with Crippen LogP contribution in [0.4, 0.5) is 0 Å². The molecule has 160 valence electrons. The van der Waals surface area contributed by atoms with Gasteiger partial charge < -0.3 is 4.57 Å². The van der Waals surface area contributed by atoms with E-state index in [9.17, 15) is 13.2 Å². The number of aromatic nitrogens is 6. The molecular weight excluding hydrogens is 406 g/mol. The lowest BCUT2D eigenvalue weighted by Gasteiger charge is -2.23. The van der Waals surface area contributed by atoms with Gasteiger partial charge in [-0.1, -0.05) is 13.8 Å². The molecule has 0 bridgehead atoms. The molecule has 0 amide bonds. The highest BCUT2D eigenvalue weighted by atomic mass is 32.2. The standard InChI is InChI=1S/C19H25N7O3S/c1-14(2)19-21-17(12-23(19)3)30(28,29)26-9-4-5-15(26)11-25-18(27)7-6-16(22-25)24-10-8-20-13-24/h6-8,10,12-15H,4-5,9,11H2,1-3H3. The van der Waals surface area contributed by atoms with Crippen LogP contribution in [-0.4, -0.2) is 54.2 Å². The molecule has 1 aliphatic rings. The Morgan fingerprint density at radius 2 is 2.07 bits per heavy atom. The quantitative estimate of drug-likeness (QED) is 0.579. The van der Waals surface area contributed by atoms with Crippen molar-refractivity contribution in [2.75, 3.05) is 6.54 Å². The summed E-state index contributed by atoms with van der Waals surface area (Å²) in [5.41, 5.74) is -0.275. The Bertz CT molecular complexity index is 1200. The second-order valence-corrected chi connectivity index (χ2v) is 9.63. The highest BCUT2D eigenvalue weighted by Gasteiger charge is 2.37. The lowest BCUT2D eigenvalue weighted by Crippen LogP contribution is -2.40. The van der Waals surface area contributed by atoms with Crippen LogP contribution >= 0.6 is 0 Å². The van der Waals surface area contributed by atoms with Gasteiger partial charge >= 0.3 is 0 Å². The molecule has 3 aromatic rings. The van der Waals surface area contributed by atoms with Crippen LogP contribution in [0.2, 0.25) is 0 Å². The monoisotopic (exact) mass is 431 g/mol. The minimum Gasteiger partial charge on any atom is -0.336 e. The fraction of sp³-hybridized carbons (Fsp3) is 0.474. The lowest BCUT2D eigenvalue weighted by atomic mass is 10.2. The van der Waals surface area contributed by atoms with Crippen molar-refractivity contribution in [2.45, 2.75) is 50.2 Å². The Kier molecular flexibility index (Phi) is 5.33. The first-order valence-corrected chi connectivity index (χ1v) is 11.3. The van der Waals surface area contributed by atoms with E-state index in [1.807, 2.05) is 13.8 Å². The molecule has 0 N–H and O–H groups in total. The van der Waals surface area contributed by atoms with Gasteiger partial charge in [0.05, 0.1) is 6.54 Å². The minimum atomic E-state index is -3.77. The van der Waals surface area contributed by atoms with E-state index in [1.165, 1.54) is 15.1 Å². The molecule has 0 saturated carbocycles. The van der Waals surface area contributed by atoms with E-state index < -0.39 is 10.0 Å². The maximum Gasteiger partial charge on any atom is 0.266 e. The van der Waals surface area contributed by atoms with Crippen LogP contribution in [0.25, 0.3) is 5.82 Å². The molecule has 4 rings (SSSR count). The van der Waals surface area contributed by atoms with Crippen molar-refractivity contribution in [1.82, 2.24) is 33.2 Å². The highest BCUT2D eigenvalue weighted by molar-refractivity contribution is 7.89. The zero-order valence-electron chi connectivity index (χ0n) is 17.2. The number of aryl methyl sites for hydroxylation is 1. The average molecular weight is 432 g/mol. The van der Waals surface area contributed by atoms with Crippen LogP contribution in [0.3, 0.4) is 0 Å². The Hall–Kier alpha value is -2.79. The summed E-state index contributed by atoms with van der Waals surface area (Å²) in [6, 6.07) is 2.69. The maximum absolute atomic E-state index is 13.3. The van der Waals surface area contributed by atoms with E-state index in [1.54, 1.807) is 47.2 Å². The van der Waals surface area contributed by atoms with Crippen molar-refractivity contribution in [3.63, 3.8) is 0 Å². The minimum absolute atomic E-state index is 0.0491. The summed E-state index contributed by atoms with van der Waals surface area (Å²) in [6.45, 7) is 4.53. The maximum atomic E-state index is 13.3. The van der Waals surface area contributed by atoms with Gasteiger partial charge in [-0.15, -0.1) is 0 Å². The third kappa shape index (κ3) is 3.70. The topological polar surface area (TPSA) is 108 Å². The van der Waals surface area contributed by atoms with Gasteiger partial charge in [-0.3, -0.25) is 9.36 Å². The van der Waals surface area contributed by atoms with E-state index in [0.717, 1.165) is 12.2 Å². The summed E-state index contributed by atoms with van der Waals surface area (Å²) < 4.78 is 32.8. The molecule has 1 fully saturated rings. The largest absolute Gasteiger partial charge is 0.336 e. The molecule has 3 aromatic heterocycles. The Balaban J connectivity index is 1.62. The first kappa shape index (κ1) is 20.5. The fourth-order valence-corrected chi connectivity index (χ4v) is 5.52. The van der Waals surface area contributed by atoms with Gasteiger partial charge in [0.15, 0.2) is 10.8 Å².